The number of carbonyl (C=O) groups excluding carboxylic acids is 3. The summed E-state index contributed by atoms with van der Waals surface area (Å²) in [4.78, 5) is 39.4. The molecule has 1 heterocycles. The fourth-order valence-electron chi connectivity index (χ4n) is 4.56. The number of alkyl halides is 2. The van der Waals surface area contributed by atoms with E-state index in [1.165, 1.54) is 4.90 Å². The lowest BCUT2D eigenvalue weighted by molar-refractivity contribution is -0.123. The fraction of sp³-hybridized carbons (Fsp3) is 0.500. The van der Waals surface area contributed by atoms with Gasteiger partial charge in [0.15, 0.2) is 0 Å². The molecule has 25 heavy (non-hydrogen) atoms. The number of carbonyl (C=O) groups is 3. The summed E-state index contributed by atoms with van der Waals surface area (Å²) in [6.07, 6.45) is 0.911. The van der Waals surface area contributed by atoms with Crippen molar-refractivity contribution in [1.82, 2.24) is 0 Å². The van der Waals surface area contributed by atoms with Gasteiger partial charge >= 0.3 is 5.97 Å². The molecule has 0 unspecified atom stereocenters. The second kappa shape index (κ2) is 6.20. The molecule has 4 rings (SSSR count). The maximum Gasteiger partial charge on any atom is 0.338 e. The Kier molecular flexibility index (Phi) is 4.27. The molecule has 1 aromatic carbocycles. The second-order valence-electron chi connectivity index (χ2n) is 6.78. The summed E-state index contributed by atoms with van der Waals surface area (Å²) >= 11 is 7.36. The van der Waals surface area contributed by atoms with E-state index in [1.807, 2.05) is 0 Å². The van der Waals surface area contributed by atoms with Gasteiger partial charge in [0.05, 0.1) is 29.7 Å². The molecular formula is C18H17Br2NO4. The van der Waals surface area contributed by atoms with E-state index in [-0.39, 0.29) is 45.1 Å². The van der Waals surface area contributed by atoms with Crippen LogP contribution in [0.15, 0.2) is 24.3 Å². The highest BCUT2D eigenvalue weighted by atomic mass is 79.9. The Balaban J connectivity index is 1.61. The summed E-state index contributed by atoms with van der Waals surface area (Å²) in [6.45, 7) is 2.05. The Bertz CT molecular complexity index is 718. The van der Waals surface area contributed by atoms with Gasteiger partial charge in [0.2, 0.25) is 11.8 Å². The van der Waals surface area contributed by atoms with Crippen molar-refractivity contribution < 1.29 is 19.1 Å². The molecule has 3 fully saturated rings. The van der Waals surface area contributed by atoms with Gasteiger partial charge in [-0.05, 0) is 49.4 Å². The average Bonchev–Trinajstić information content (AvgIpc) is 3.20. The van der Waals surface area contributed by atoms with Crippen LogP contribution in [0.2, 0.25) is 0 Å². The molecular weight excluding hydrogens is 454 g/mol. The van der Waals surface area contributed by atoms with E-state index in [0.717, 1.165) is 6.42 Å². The molecule has 2 aliphatic carbocycles. The van der Waals surface area contributed by atoms with Crippen LogP contribution < -0.4 is 4.90 Å². The van der Waals surface area contributed by atoms with Gasteiger partial charge in [0, 0.05) is 9.65 Å². The summed E-state index contributed by atoms with van der Waals surface area (Å²) in [5.41, 5.74) is 0.931. The van der Waals surface area contributed by atoms with Gasteiger partial charge in [0.1, 0.15) is 0 Å². The molecule has 0 spiro atoms. The van der Waals surface area contributed by atoms with Gasteiger partial charge in [-0.3, -0.25) is 14.5 Å². The minimum Gasteiger partial charge on any atom is -0.462 e. The Morgan fingerprint density at radius 2 is 1.60 bits per heavy atom. The second-order valence-corrected chi connectivity index (χ2v) is 8.90. The van der Waals surface area contributed by atoms with Crippen LogP contribution in [0.1, 0.15) is 23.7 Å². The lowest BCUT2D eigenvalue weighted by atomic mass is 9.81. The maximum absolute atomic E-state index is 12.9. The monoisotopic (exact) mass is 469 g/mol. The molecule has 1 saturated heterocycles. The minimum absolute atomic E-state index is 0.116. The molecule has 1 aromatic rings. The highest BCUT2D eigenvalue weighted by Crippen LogP contribution is 2.60. The molecule has 0 aromatic heterocycles. The third kappa shape index (κ3) is 2.42. The first-order valence-corrected chi connectivity index (χ1v) is 10.2. The van der Waals surface area contributed by atoms with Crippen molar-refractivity contribution in [2.45, 2.75) is 23.0 Å². The van der Waals surface area contributed by atoms with Crippen LogP contribution in [0.25, 0.3) is 0 Å². The van der Waals surface area contributed by atoms with Gasteiger partial charge < -0.3 is 4.74 Å². The van der Waals surface area contributed by atoms with Crippen LogP contribution in [-0.2, 0) is 14.3 Å². The van der Waals surface area contributed by atoms with Crippen molar-refractivity contribution in [3.8, 4) is 0 Å². The first kappa shape index (κ1) is 17.2. The smallest absolute Gasteiger partial charge is 0.338 e. The molecule has 2 amide bonds. The highest BCUT2D eigenvalue weighted by molar-refractivity contribution is 9.12. The number of esters is 1. The molecule has 1 aliphatic heterocycles. The number of nitrogens with zero attached hydrogens (tertiary/aromatic N) is 1. The zero-order valence-electron chi connectivity index (χ0n) is 13.5. The number of halogens is 2. The van der Waals surface area contributed by atoms with Gasteiger partial charge in [-0.25, -0.2) is 4.79 Å². The number of imide groups is 1. The highest BCUT2D eigenvalue weighted by Gasteiger charge is 2.66. The minimum atomic E-state index is -0.410. The van der Waals surface area contributed by atoms with Crippen molar-refractivity contribution in [1.29, 1.82) is 0 Å². The molecule has 2 saturated carbocycles. The van der Waals surface area contributed by atoms with E-state index in [0.29, 0.717) is 17.9 Å². The molecule has 5 nitrogen and oxygen atoms in total. The predicted molar refractivity (Wildman–Crippen MR) is 98.9 cm³/mol. The average molecular weight is 471 g/mol. The van der Waals surface area contributed by atoms with Crippen LogP contribution in [0.4, 0.5) is 5.69 Å². The van der Waals surface area contributed by atoms with E-state index >= 15 is 0 Å². The Labute approximate surface area is 162 Å². The quantitative estimate of drug-likeness (QED) is 0.386. The van der Waals surface area contributed by atoms with Crippen molar-refractivity contribution in [3.05, 3.63) is 29.8 Å². The first-order valence-electron chi connectivity index (χ1n) is 8.38. The van der Waals surface area contributed by atoms with Gasteiger partial charge in [-0.15, -0.1) is 0 Å². The summed E-state index contributed by atoms with van der Waals surface area (Å²) < 4.78 is 4.96. The van der Waals surface area contributed by atoms with Gasteiger partial charge in [-0.2, -0.15) is 0 Å². The molecule has 0 N–H and O–H groups in total. The lowest BCUT2D eigenvalue weighted by Crippen LogP contribution is -2.37. The predicted octanol–water partition coefficient (Wildman–Crippen LogP) is 3.15. The fourth-order valence-corrected chi connectivity index (χ4v) is 6.44. The summed E-state index contributed by atoms with van der Waals surface area (Å²) in [5.74, 6) is -0.724. The van der Waals surface area contributed by atoms with Crippen LogP contribution >= 0.6 is 31.9 Å². The first-order chi connectivity index (χ1) is 12.0. The van der Waals surface area contributed by atoms with Crippen molar-refractivity contribution in [2.24, 2.45) is 23.7 Å². The maximum atomic E-state index is 12.9. The largest absolute Gasteiger partial charge is 0.462 e. The van der Waals surface area contributed by atoms with Gasteiger partial charge in [0.25, 0.3) is 0 Å². The lowest BCUT2D eigenvalue weighted by Gasteiger charge is -2.28. The SMILES string of the molecule is CCOC(=O)c1ccc(N2C(=O)[C@@H]3[C@H]4C[C@@H]([C@H](Br)[C@H]4Br)[C@H]3C2=O)cc1. The summed E-state index contributed by atoms with van der Waals surface area (Å²) in [6, 6.07) is 6.47. The summed E-state index contributed by atoms with van der Waals surface area (Å²) in [5, 5.41) is 0. The Morgan fingerprint density at radius 3 is 2.08 bits per heavy atom. The van der Waals surface area contributed by atoms with E-state index < -0.39 is 5.97 Å². The van der Waals surface area contributed by atoms with Crippen LogP contribution in [0, 0.1) is 23.7 Å². The number of ether oxygens (including phenoxy) is 1. The number of fused-ring (bicyclic) bond motifs is 5. The zero-order chi connectivity index (χ0) is 17.9. The third-order valence-electron chi connectivity index (χ3n) is 5.62. The normalized spacial score (nSPS) is 36.0. The number of benzene rings is 1. The third-order valence-corrected chi connectivity index (χ3v) is 8.83. The van der Waals surface area contributed by atoms with E-state index in [9.17, 15) is 14.4 Å². The van der Waals surface area contributed by atoms with Crippen molar-refractivity contribution in [2.75, 3.05) is 11.5 Å². The molecule has 2 bridgehead atoms. The number of hydrogen-bond donors (Lipinski definition) is 0. The number of anilines is 1. The van der Waals surface area contributed by atoms with Gasteiger partial charge in [-0.1, -0.05) is 31.9 Å². The Morgan fingerprint density at radius 1 is 1.08 bits per heavy atom. The molecule has 0 radical (unpaired) electrons. The molecule has 7 heteroatoms. The standard InChI is InChI=1S/C18H17Br2NO4/c1-2-25-18(24)8-3-5-9(6-4-8)21-16(22)12-10-7-11(13(12)17(21)23)15(20)14(10)19/h3-6,10-15H,2,7H2,1H3/t10-,11-,12-,13-,14+,15+/m1/s1. The Hall–Kier alpha value is -1.21. The molecule has 6 atom stereocenters. The van der Waals surface area contributed by atoms with E-state index in [1.54, 1.807) is 31.2 Å². The number of rotatable bonds is 3. The van der Waals surface area contributed by atoms with Crippen LogP contribution in [-0.4, -0.2) is 34.0 Å². The molecule has 3 aliphatic rings. The van der Waals surface area contributed by atoms with E-state index in [4.69, 9.17) is 4.74 Å². The van der Waals surface area contributed by atoms with Crippen molar-refractivity contribution in [3.63, 3.8) is 0 Å². The molecule has 132 valence electrons. The van der Waals surface area contributed by atoms with E-state index in [2.05, 4.69) is 31.9 Å². The van der Waals surface area contributed by atoms with Crippen LogP contribution in [0.3, 0.4) is 0 Å². The summed E-state index contributed by atoms with van der Waals surface area (Å²) in [7, 11) is 0. The number of amides is 2. The van der Waals surface area contributed by atoms with Crippen LogP contribution in [0.5, 0.6) is 0 Å². The van der Waals surface area contributed by atoms with Crippen molar-refractivity contribution >= 4 is 55.3 Å². The number of hydrogen-bond acceptors (Lipinski definition) is 4. The zero-order valence-corrected chi connectivity index (χ0v) is 16.7. The topological polar surface area (TPSA) is 63.7 Å².